The Bertz CT molecular complexity index is 518. The average molecular weight is 284 g/mol. The fourth-order valence-corrected chi connectivity index (χ4v) is 2.09. The van der Waals surface area contributed by atoms with Gasteiger partial charge in [0, 0.05) is 16.6 Å². The number of benzene rings is 2. The highest BCUT2D eigenvalue weighted by atomic mass is 35.5. The molecule has 0 saturated heterocycles. The minimum absolute atomic E-state index is 0.264. The Balaban J connectivity index is 2.11. The van der Waals surface area contributed by atoms with Gasteiger partial charge in [0.2, 0.25) is 0 Å². The van der Waals surface area contributed by atoms with Crippen LogP contribution in [-0.4, -0.2) is 0 Å². The minimum Gasteiger partial charge on any atom is -0.379 e. The molecule has 2 aromatic carbocycles. The van der Waals surface area contributed by atoms with Gasteiger partial charge >= 0.3 is 0 Å². The van der Waals surface area contributed by atoms with Crippen molar-refractivity contribution in [3.8, 4) is 0 Å². The molecule has 0 atom stereocenters. The molecule has 0 aliphatic heterocycles. The first-order valence-corrected chi connectivity index (χ1v) is 6.26. The van der Waals surface area contributed by atoms with Crippen LogP contribution in [0.25, 0.3) is 0 Å². The highest BCUT2D eigenvalue weighted by molar-refractivity contribution is 6.35. The van der Waals surface area contributed by atoms with Crippen LogP contribution >= 0.6 is 23.2 Å². The summed E-state index contributed by atoms with van der Waals surface area (Å²) in [5.74, 6) is -0.264. The predicted molar refractivity (Wildman–Crippen MR) is 74.9 cm³/mol. The van der Waals surface area contributed by atoms with Gasteiger partial charge in [0.15, 0.2) is 0 Å². The lowest BCUT2D eigenvalue weighted by Crippen LogP contribution is -2.02. The van der Waals surface area contributed by atoms with Crippen molar-refractivity contribution in [3.63, 3.8) is 0 Å². The molecular formula is C14H12Cl2FN. The number of aryl methyl sites for hydroxylation is 1. The minimum atomic E-state index is -0.264. The van der Waals surface area contributed by atoms with Gasteiger partial charge in [-0.1, -0.05) is 35.3 Å². The molecule has 0 aliphatic rings. The second-order valence-electron chi connectivity index (χ2n) is 4.07. The smallest absolute Gasteiger partial charge is 0.146 e. The van der Waals surface area contributed by atoms with E-state index in [1.54, 1.807) is 18.2 Å². The standard InChI is InChI=1S/C14H12Cl2FN/c1-9-2-5-14(13(17)6-9)18-8-10-3-4-11(15)7-12(10)16/h2-7,18H,8H2,1H3. The molecule has 0 aromatic heterocycles. The molecule has 0 saturated carbocycles. The maximum atomic E-state index is 13.6. The summed E-state index contributed by atoms with van der Waals surface area (Å²) in [5.41, 5.74) is 2.23. The lowest BCUT2D eigenvalue weighted by Gasteiger charge is -2.09. The summed E-state index contributed by atoms with van der Waals surface area (Å²) in [4.78, 5) is 0. The number of hydrogen-bond donors (Lipinski definition) is 1. The van der Waals surface area contributed by atoms with Crippen LogP contribution in [0, 0.1) is 12.7 Å². The van der Waals surface area contributed by atoms with E-state index in [1.807, 2.05) is 19.1 Å². The molecule has 0 heterocycles. The van der Waals surface area contributed by atoms with Gasteiger partial charge in [0.05, 0.1) is 5.69 Å². The van der Waals surface area contributed by atoms with Crippen LogP contribution in [0.1, 0.15) is 11.1 Å². The second kappa shape index (κ2) is 5.59. The largest absolute Gasteiger partial charge is 0.379 e. The summed E-state index contributed by atoms with van der Waals surface area (Å²) < 4.78 is 13.6. The topological polar surface area (TPSA) is 12.0 Å². The SMILES string of the molecule is Cc1ccc(NCc2ccc(Cl)cc2Cl)c(F)c1. The molecule has 0 aliphatic carbocycles. The van der Waals surface area contributed by atoms with Crippen molar-refractivity contribution in [3.05, 3.63) is 63.4 Å². The number of anilines is 1. The fraction of sp³-hybridized carbons (Fsp3) is 0.143. The van der Waals surface area contributed by atoms with Crippen LogP contribution < -0.4 is 5.32 Å². The van der Waals surface area contributed by atoms with Gasteiger partial charge in [0.1, 0.15) is 5.82 Å². The van der Waals surface area contributed by atoms with E-state index in [2.05, 4.69) is 5.32 Å². The monoisotopic (exact) mass is 283 g/mol. The summed E-state index contributed by atoms with van der Waals surface area (Å²) in [5, 5.41) is 4.17. The fourth-order valence-electron chi connectivity index (χ4n) is 1.62. The lowest BCUT2D eigenvalue weighted by atomic mass is 10.2. The Kier molecular flexibility index (Phi) is 4.10. The van der Waals surface area contributed by atoms with Crippen molar-refractivity contribution < 1.29 is 4.39 Å². The highest BCUT2D eigenvalue weighted by Crippen LogP contribution is 2.23. The van der Waals surface area contributed by atoms with E-state index in [-0.39, 0.29) is 5.82 Å². The number of rotatable bonds is 3. The van der Waals surface area contributed by atoms with Gasteiger partial charge in [-0.3, -0.25) is 0 Å². The van der Waals surface area contributed by atoms with E-state index in [4.69, 9.17) is 23.2 Å². The van der Waals surface area contributed by atoms with E-state index >= 15 is 0 Å². The molecule has 18 heavy (non-hydrogen) atoms. The van der Waals surface area contributed by atoms with E-state index < -0.39 is 0 Å². The zero-order valence-corrected chi connectivity index (χ0v) is 11.3. The Labute approximate surface area is 116 Å². The zero-order valence-electron chi connectivity index (χ0n) is 9.81. The highest BCUT2D eigenvalue weighted by Gasteiger charge is 2.04. The molecule has 4 heteroatoms. The van der Waals surface area contributed by atoms with Crippen molar-refractivity contribution in [2.45, 2.75) is 13.5 Å². The van der Waals surface area contributed by atoms with Crippen molar-refractivity contribution in [1.82, 2.24) is 0 Å². The van der Waals surface area contributed by atoms with Crippen molar-refractivity contribution in [2.24, 2.45) is 0 Å². The molecule has 94 valence electrons. The third-order valence-corrected chi connectivity index (χ3v) is 3.20. The van der Waals surface area contributed by atoms with Crippen molar-refractivity contribution >= 4 is 28.9 Å². The predicted octanol–water partition coefficient (Wildman–Crippen LogP) is 5.05. The number of hydrogen-bond acceptors (Lipinski definition) is 1. The van der Waals surface area contributed by atoms with Gasteiger partial charge in [-0.25, -0.2) is 4.39 Å². The quantitative estimate of drug-likeness (QED) is 0.831. The first kappa shape index (κ1) is 13.2. The molecule has 0 radical (unpaired) electrons. The third-order valence-electron chi connectivity index (χ3n) is 2.61. The molecular weight excluding hydrogens is 272 g/mol. The van der Waals surface area contributed by atoms with Crippen LogP contribution in [0.2, 0.25) is 10.0 Å². The van der Waals surface area contributed by atoms with E-state index in [0.717, 1.165) is 11.1 Å². The Morgan fingerprint density at radius 2 is 1.89 bits per heavy atom. The molecule has 1 nitrogen and oxygen atoms in total. The second-order valence-corrected chi connectivity index (χ2v) is 4.92. The van der Waals surface area contributed by atoms with Crippen LogP contribution in [0.15, 0.2) is 36.4 Å². The third kappa shape index (κ3) is 3.15. The molecule has 1 N–H and O–H groups in total. The Hall–Kier alpha value is -1.25. The molecule has 0 fully saturated rings. The summed E-state index contributed by atoms with van der Waals surface area (Å²) in [6.45, 7) is 2.30. The zero-order chi connectivity index (χ0) is 13.1. The van der Waals surface area contributed by atoms with Gasteiger partial charge in [0.25, 0.3) is 0 Å². The molecule has 2 aromatic rings. The maximum Gasteiger partial charge on any atom is 0.146 e. The number of nitrogens with one attached hydrogen (secondary N) is 1. The molecule has 0 spiro atoms. The average Bonchev–Trinajstić information content (AvgIpc) is 2.30. The Morgan fingerprint density at radius 1 is 1.11 bits per heavy atom. The normalized spacial score (nSPS) is 10.4. The van der Waals surface area contributed by atoms with Crippen LogP contribution in [-0.2, 0) is 6.54 Å². The molecule has 2 rings (SSSR count). The van der Waals surface area contributed by atoms with Gasteiger partial charge < -0.3 is 5.32 Å². The lowest BCUT2D eigenvalue weighted by molar-refractivity contribution is 0.629. The Morgan fingerprint density at radius 3 is 2.56 bits per heavy atom. The first-order valence-electron chi connectivity index (χ1n) is 5.50. The summed E-state index contributed by atoms with van der Waals surface area (Å²) in [7, 11) is 0. The summed E-state index contributed by atoms with van der Waals surface area (Å²) in [6, 6.07) is 10.3. The molecule has 0 bridgehead atoms. The van der Waals surface area contributed by atoms with Crippen LogP contribution in [0.3, 0.4) is 0 Å². The first-order chi connectivity index (χ1) is 8.56. The molecule has 0 unspecified atom stereocenters. The van der Waals surface area contributed by atoms with Gasteiger partial charge in [-0.05, 0) is 42.3 Å². The number of halogens is 3. The van der Waals surface area contributed by atoms with Crippen molar-refractivity contribution in [2.75, 3.05) is 5.32 Å². The van der Waals surface area contributed by atoms with Crippen molar-refractivity contribution in [1.29, 1.82) is 0 Å². The van der Waals surface area contributed by atoms with E-state index in [9.17, 15) is 4.39 Å². The van der Waals surface area contributed by atoms with Crippen LogP contribution in [0.5, 0.6) is 0 Å². The summed E-state index contributed by atoms with van der Waals surface area (Å²) in [6.07, 6.45) is 0. The van der Waals surface area contributed by atoms with E-state index in [0.29, 0.717) is 22.3 Å². The maximum absolute atomic E-state index is 13.6. The summed E-state index contributed by atoms with van der Waals surface area (Å²) >= 11 is 11.9. The van der Waals surface area contributed by atoms with E-state index in [1.165, 1.54) is 6.07 Å². The molecule has 0 amide bonds. The van der Waals surface area contributed by atoms with Gasteiger partial charge in [-0.15, -0.1) is 0 Å². The van der Waals surface area contributed by atoms with Gasteiger partial charge in [-0.2, -0.15) is 0 Å². The van der Waals surface area contributed by atoms with Crippen LogP contribution in [0.4, 0.5) is 10.1 Å².